The standard InChI is InChI=1S/C17H18N8O2/c1-12-18-6-7-25(12)15-4-3-14(20-21-15)23-8-10-24(11-9-23)17(27)13-2-5-16(26)22-19-13/h2-7H,8-11H2,1H3,(H,22,26). The van der Waals surface area contributed by atoms with Gasteiger partial charge in [0.05, 0.1) is 0 Å². The number of carbonyl (C=O) groups excluding carboxylic acids is 1. The van der Waals surface area contributed by atoms with Crippen LogP contribution in [0, 0.1) is 6.92 Å². The molecular formula is C17H18N8O2. The summed E-state index contributed by atoms with van der Waals surface area (Å²) in [6.07, 6.45) is 3.56. The van der Waals surface area contributed by atoms with Crippen LogP contribution >= 0.6 is 0 Å². The van der Waals surface area contributed by atoms with E-state index in [2.05, 4.69) is 30.3 Å². The minimum absolute atomic E-state index is 0.192. The van der Waals surface area contributed by atoms with Gasteiger partial charge in [-0.05, 0) is 25.1 Å². The lowest BCUT2D eigenvalue weighted by molar-refractivity contribution is 0.0739. The normalized spacial score (nSPS) is 14.4. The molecule has 0 radical (unpaired) electrons. The van der Waals surface area contributed by atoms with Crippen LogP contribution in [0.5, 0.6) is 0 Å². The maximum Gasteiger partial charge on any atom is 0.274 e. The van der Waals surface area contributed by atoms with Crippen molar-refractivity contribution in [3.8, 4) is 5.82 Å². The number of carbonyl (C=O) groups is 1. The van der Waals surface area contributed by atoms with Crippen molar-refractivity contribution in [3.63, 3.8) is 0 Å². The Morgan fingerprint density at radius 1 is 1.04 bits per heavy atom. The van der Waals surface area contributed by atoms with Crippen molar-refractivity contribution < 1.29 is 4.79 Å². The van der Waals surface area contributed by atoms with E-state index in [1.807, 2.05) is 29.8 Å². The van der Waals surface area contributed by atoms with E-state index in [0.717, 1.165) is 11.6 Å². The fraction of sp³-hybridized carbons (Fsp3) is 0.294. The van der Waals surface area contributed by atoms with E-state index in [9.17, 15) is 9.59 Å². The van der Waals surface area contributed by atoms with E-state index in [1.165, 1.54) is 12.1 Å². The van der Waals surface area contributed by atoms with E-state index < -0.39 is 0 Å². The van der Waals surface area contributed by atoms with Gasteiger partial charge in [0.2, 0.25) is 0 Å². The minimum atomic E-state index is -0.329. The fourth-order valence-corrected chi connectivity index (χ4v) is 3.00. The van der Waals surface area contributed by atoms with E-state index in [-0.39, 0.29) is 17.2 Å². The third-order valence-corrected chi connectivity index (χ3v) is 4.50. The maximum absolute atomic E-state index is 12.4. The summed E-state index contributed by atoms with van der Waals surface area (Å²) in [5, 5.41) is 14.7. The van der Waals surface area contributed by atoms with Crippen LogP contribution in [0.2, 0.25) is 0 Å². The van der Waals surface area contributed by atoms with Gasteiger partial charge in [-0.25, -0.2) is 10.1 Å². The van der Waals surface area contributed by atoms with Crippen molar-refractivity contribution in [1.82, 2.24) is 34.8 Å². The summed E-state index contributed by atoms with van der Waals surface area (Å²) in [7, 11) is 0. The average molecular weight is 366 g/mol. The minimum Gasteiger partial charge on any atom is -0.352 e. The van der Waals surface area contributed by atoms with E-state index in [0.29, 0.717) is 32.0 Å². The molecule has 1 aliphatic heterocycles. The lowest BCUT2D eigenvalue weighted by Crippen LogP contribution is -2.49. The number of nitrogens with one attached hydrogen (secondary N) is 1. The van der Waals surface area contributed by atoms with Crippen LogP contribution in [-0.4, -0.2) is 66.9 Å². The van der Waals surface area contributed by atoms with Crippen molar-refractivity contribution in [2.24, 2.45) is 0 Å². The third kappa shape index (κ3) is 3.41. The molecule has 3 aromatic heterocycles. The predicted molar refractivity (Wildman–Crippen MR) is 96.9 cm³/mol. The molecule has 3 aromatic rings. The number of nitrogens with zero attached hydrogens (tertiary/aromatic N) is 7. The molecule has 10 heteroatoms. The molecule has 27 heavy (non-hydrogen) atoms. The molecule has 0 spiro atoms. The summed E-state index contributed by atoms with van der Waals surface area (Å²) in [5.41, 5.74) is -0.0906. The van der Waals surface area contributed by atoms with Crippen LogP contribution in [0.3, 0.4) is 0 Å². The number of amides is 1. The van der Waals surface area contributed by atoms with Gasteiger partial charge in [-0.1, -0.05) is 0 Å². The summed E-state index contributed by atoms with van der Waals surface area (Å²) in [6.45, 7) is 4.29. The Balaban J connectivity index is 1.40. The summed E-state index contributed by atoms with van der Waals surface area (Å²) in [6, 6.07) is 6.56. The highest BCUT2D eigenvalue weighted by molar-refractivity contribution is 5.92. The van der Waals surface area contributed by atoms with E-state index in [1.54, 1.807) is 11.1 Å². The first-order valence-corrected chi connectivity index (χ1v) is 8.56. The number of aromatic amines is 1. The molecule has 0 saturated carbocycles. The van der Waals surface area contributed by atoms with Crippen LogP contribution in [0.15, 0.2) is 41.5 Å². The number of H-pyrrole nitrogens is 1. The molecule has 4 rings (SSSR count). The first kappa shape index (κ1) is 16.9. The number of aromatic nitrogens is 6. The molecule has 0 aromatic carbocycles. The van der Waals surface area contributed by atoms with Gasteiger partial charge in [0, 0.05) is 44.6 Å². The van der Waals surface area contributed by atoms with Crippen LogP contribution in [0.25, 0.3) is 5.82 Å². The Morgan fingerprint density at radius 2 is 1.78 bits per heavy atom. The molecule has 1 amide bonds. The Hall–Kier alpha value is -3.56. The third-order valence-electron chi connectivity index (χ3n) is 4.50. The molecule has 1 saturated heterocycles. The second kappa shape index (κ2) is 6.98. The average Bonchev–Trinajstić information content (AvgIpc) is 3.14. The quantitative estimate of drug-likeness (QED) is 0.695. The van der Waals surface area contributed by atoms with E-state index >= 15 is 0 Å². The van der Waals surface area contributed by atoms with Gasteiger partial charge in [0.25, 0.3) is 11.5 Å². The van der Waals surface area contributed by atoms with Crippen molar-refractivity contribution in [3.05, 3.63) is 58.5 Å². The van der Waals surface area contributed by atoms with E-state index in [4.69, 9.17) is 0 Å². The fourth-order valence-electron chi connectivity index (χ4n) is 3.00. The number of hydrogen-bond donors (Lipinski definition) is 1. The van der Waals surface area contributed by atoms with Gasteiger partial charge in [-0.15, -0.1) is 10.2 Å². The lowest BCUT2D eigenvalue weighted by atomic mass is 10.2. The van der Waals surface area contributed by atoms with Gasteiger partial charge in [-0.3, -0.25) is 14.2 Å². The van der Waals surface area contributed by atoms with Gasteiger partial charge in [-0.2, -0.15) is 5.10 Å². The molecule has 1 aliphatic rings. The van der Waals surface area contributed by atoms with Gasteiger partial charge >= 0.3 is 0 Å². The topological polar surface area (TPSA) is 113 Å². The van der Waals surface area contributed by atoms with Crippen LogP contribution < -0.4 is 10.5 Å². The molecule has 0 bridgehead atoms. The smallest absolute Gasteiger partial charge is 0.274 e. The Labute approximate surface area is 154 Å². The highest BCUT2D eigenvalue weighted by atomic mass is 16.2. The zero-order chi connectivity index (χ0) is 18.8. The second-order valence-electron chi connectivity index (χ2n) is 6.18. The van der Waals surface area contributed by atoms with Crippen molar-refractivity contribution in [2.45, 2.75) is 6.92 Å². The first-order valence-electron chi connectivity index (χ1n) is 8.56. The number of hydrogen-bond acceptors (Lipinski definition) is 7. The Morgan fingerprint density at radius 3 is 2.37 bits per heavy atom. The van der Waals surface area contributed by atoms with Crippen molar-refractivity contribution in [2.75, 3.05) is 31.1 Å². The Kier molecular flexibility index (Phi) is 4.37. The van der Waals surface area contributed by atoms with Crippen LogP contribution in [0.4, 0.5) is 5.82 Å². The van der Waals surface area contributed by atoms with Crippen molar-refractivity contribution >= 4 is 11.7 Å². The first-order chi connectivity index (χ1) is 13.1. The molecule has 4 heterocycles. The zero-order valence-electron chi connectivity index (χ0n) is 14.7. The van der Waals surface area contributed by atoms with Gasteiger partial charge in [0.15, 0.2) is 11.6 Å². The zero-order valence-corrected chi connectivity index (χ0v) is 14.7. The predicted octanol–water partition coefficient (Wildman–Crippen LogP) is 0.0164. The monoisotopic (exact) mass is 366 g/mol. The number of anilines is 1. The SMILES string of the molecule is Cc1nccn1-c1ccc(N2CCN(C(=O)c3ccc(=O)[nH]n3)CC2)nn1. The summed E-state index contributed by atoms with van der Waals surface area (Å²) in [4.78, 5) is 31.5. The number of piperazine rings is 1. The largest absolute Gasteiger partial charge is 0.352 e. The molecule has 1 fully saturated rings. The number of rotatable bonds is 3. The van der Waals surface area contributed by atoms with Gasteiger partial charge < -0.3 is 9.80 Å². The summed E-state index contributed by atoms with van der Waals surface area (Å²) in [5.74, 6) is 2.14. The molecule has 138 valence electrons. The highest BCUT2D eigenvalue weighted by Crippen LogP contribution is 2.15. The van der Waals surface area contributed by atoms with Crippen molar-refractivity contribution in [1.29, 1.82) is 0 Å². The number of imidazole rings is 1. The molecule has 10 nitrogen and oxygen atoms in total. The molecule has 0 unspecified atom stereocenters. The number of aryl methyl sites for hydroxylation is 1. The second-order valence-corrected chi connectivity index (χ2v) is 6.18. The molecular weight excluding hydrogens is 348 g/mol. The molecule has 0 atom stereocenters. The molecule has 0 aliphatic carbocycles. The van der Waals surface area contributed by atoms with Gasteiger partial charge in [0.1, 0.15) is 11.5 Å². The van der Waals surface area contributed by atoms with Crippen LogP contribution in [-0.2, 0) is 0 Å². The molecule has 1 N–H and O–H groups in total. The lowest BCUT2D eigenvalue weighted by Gasteiger charge is -2.34. The summed E-state index contributed by atoms with van der Waals surface area (Å²) < 4.78 is 1.87. The maximum atomic E-state index is 12.4. The highest BCUT2D eigenvalue weighted by Gasteiger charge is 2.24. The Bertz CT molecular complexity index is 982. The van der Waals surface area contributed by atoms with Crippen LogP contribution in [0.1, 0.15) is 16.3 Å². The summed E-state index contributed by atoms with van der Waals surface area (Å²) >= 11 is 0.